The summed E-state index contributed by atoms with van der Waals surface area (Å²) in [5.41, 5.74) is 0.347. The zero-order chi connectivity index (χ0) is 12.4. The minimum absolute atomic E-state index is 0.0810. The SMILES string of the molecule is Cn1cnc(C(=O)c2ccc(C#N)c(F)c2)c1. The zero-order valence-electron chi connectivity index (χ0n) is 9.01. The lowest BCUT2D eigenvalue weighted by molar-refractivity contribution is 0.103. The number of benzene rings is 1. The fourth-order valence-electron chi connectivity index (χ4n) is 1.42. The molecular weight excluding hydrogens is 221 g/mol. The Bertz CT molecular complexity index is 625. The van der Waals surface area contributed by atoms with Crippen LogP contribution in [0.25, 0.3) is 0 Å². The van der Waals surface area contributed by atoms with Crippen molar-refractivity contribution in [3.8, 4) is 6.07 Å². The lowest BCUT2D eigenvalue weighted by Crippen LogP contribution is -2.03. The highest BCUT2D eigenvalue weighted by Gasteiger charge is 2.13. The Labute approximate surface area is 96.9 Å². The third-order valence-corrected chi connectivity index (χ3v) is 2.29. The number of aryl methyl sites for hydroxylation is 1. The number of nitrogens with zero attached hydrogens (tertiary/aromatic N) is 3. The second-order valence-corrected chi connectivity index (χ2v) is 3.56. The van der Waals surface area contributed by atoms with Crippen molar-refractivity contribution in [3.05, 3.63) is 53.4 Å². The lowest BCUT2D eigenvalue weighted by Gasteiger charge is -1.99. The maximum Gasteiger partial charge on any atom is 0.213 e. The van der Waals surface area contributed by atoms with Gasteiger partial charge < -0.3 is 4.57 Å². The van der Waals surface area contributed by atoms with Crippen LogP contribution < -0.4 is 0 Å². The number of imidazole rings is 1. The van der Waals surface area contributed by atoms with E-state index in [1.165, 1.54) is 18.5 Å². The Balaban J connectivity index is 2.39. The van der Waals surface area contributed by atoms with Gasteiger partial charge in [0.2, 0.25) is 5.78 Å². The van der Waals surface area contributed by atoms with Gasteiger partial charge >= 0.3 is 0 Å². The minimum Gasteiger partial charge on any atom is -0.340 e. The third-order valence-electron chi connectivity index (χ3n) is 2.29. The van der Waals surface area contributed by atoms with Gasteiger partial charge in [0, 0.05) is 18.8 Å². The summed E-state index contributed by atoms with van der Waals surface area (Å²) in [4.78, 5) is 15.8. The average Bonchev–Trinajstić information content (AvgIpc) is 2.75. The highest BCUT2D eigenvalue weighted by Crippen LogP contribution is 2.12. The first-order valence-corrected chi connectivity index (χ1v) is 4.84. The predicted molar refractivity (Wildman–Crippen MR) is 57.8 cm³/mol. The van der Waals surface area contributed by atoms with E-state index < -0.39 is 5.82 Å². The topological polar surface area (TPSA) is 58.7 Å². The van der Waals surface area contributed by atoms with Crippen LogP contribution in [0.1, 0.15) is 21.6 Å². The van der Waals surface area contributed by atoms with Crippen molar-refractivity contribution in [2.75, 3.05) is 0 Å². The molecule has 17 heavy (non-hydrogen) atoms. The number of halogens is 1. The molecule has 0 atom stereocenters. The summed E-state index contributed by atoms with van der Waals surface area (Å²) in [6, 6.07) is 5.45. The molecule has 2 aromatic rings. The van der Waals surface area contributed by atoms with Crippen molar-refractivity contribution in [1.29, 1.82) is 5.26 Å². The summed E-state index contributed by atoms with van der Waals surface area (Å²) in [5, 5.41) is 8.58. The summed E-state index contributed by atoms with van der Waals surface area (Å²) in [7, 11) is 1.74. The van der Waals surface area contributed by atoms with E-state index in [4.69, 9.17) is 5.26 Å². The molecular formula is C12H8FN3O. The molecule has 0 fully saturated rings. The van der Waals surface area contributed by atoms with Crippen LogP contribution in [0.2, 0.25) is 0 Å². The highest BCUT2D eigenvalue weighted by molar-refractivity contribution is 6.07. The number of hydrogen-bond donors (Lipinski definition) is 0. The number of carbonyl (C=O) groups is 1. The van der Waals surface area contributed by atoms with Gasteiger partial charge in [-0.3, -0.25) is 4.79 Å². The normalized spacial score (nSPS) is 9.94. The van der Waals surface area contributed by atoms with Gasteiger partial charge in [-0.05, 0) is 18.2 Å². The first-order chi connectivity index (χ1) is 8.11. The second kappa shape index (κ2) is 4.18. The molecule has 0 amide bonds. The molecule has 2 rings (SSSR count). The van der Waals surface area contributed by atoms with Crippen LogP contribution in [0.4, 0.5) is 4.39 Å². The van der Waals surface area contributed by atoms with Crippen LogP contribution in [-0.4, -0.2) is 15.3 Å². The van der Waals surface area contributed by atoms with E-state index in [1.807, 2.05) is 0 Å². The number of carbonyl (C=O) groups excluding carboxylic acids is 1. The van der Waals surface area contributed by atoms with Gasteiger partial charge in [0.25, 0.3) is 0 Å². The number of nitriles is 1. The van der Waals surface area contributed by atoms with Gasteiger partial charge in [-0.25, -0.2) is 9.37 Å². The smallest absolute Gasteiger partial charge is 0.213 e. The average molecular weight is 229 g/mol. The van der Waals surface area contributed by atoms with Crippen molar-refractivity contribution in [2.45, 2.75) is 0 Å². The molecule has 0 bridgehead atoms. The molecule has 1 heterocycles. The summed E-state index contributed by atoms with van der Waals surface area (Å²) in [6.45, 7) is 0. The molecule has 0 unspecified atom stereocenters. The summed E-state index contributed by atoms with van der Waals surface area (Å²) in [6.07, 6.45) is 3.05. The molecule has 0 radical (unpaired) electrons. The summed E-state index contributed by atoms with van der Waals surface area (Å²) < 4.78 is 15.0. The van der Waals surface area contributed by atoms with Crippen molar-refractivity contribution < 1.29 is 9.18 Å². The van der Waals surface area contributed by atoms with Crippen LogP contribution in [-0.2, 0) is 7.05 Å². The lowest BCUT2D eigenvalue weighted by atomic mass is 10.1. The molecule has 1 aromatic heterocycles. The van der Waals surface area contributed by atoms with E-state index in [0.29, 0.717) is 0 Å². The fourth-order valence-corrected chi connectivity index (χ4v) is 1.42. The molecule has 0 N–H and O–H groups in total. The van der Waals surface area contributed by atoms with Crippen LogP contribution in [0.3, 0.4) is 0 Å². The number of aromatic nitrogens is 2. The Morgan fingerprint density at radius 2 is 2.29 bits per heavy atom. The number of rotatable bonds is 2. The van der Waals surface area contributed by atoms with Crippen LogP contribution >= 0.6 is 0 Å². The Hall–Kier alpha value is -2.48. The molecule has 84 valence electrons. The van der Waals surface area contributed by atoms with Gasteiger partial charge in [-0.2, -0.15) is 5.26 Å². The van der Waals surface area contributed by atoms with Crippen LogP contribution in [0.5, 0.6) is 0 Å². The van der Waals surface area contributed by atoms with Gasteiger partial charge in [0.15, 0.2) is 0 Å². The van der Waals surface area contributed by atoms with Crippen LogP contribution in [0, 0.1) is 17.1 Å². The van der Waals surface area contributed by atoms with E-state index in [-0.39, 0.29) is 22.6 Å². The Morgan fingerprint density at radius 1 is 1.53 bits per heavy atom. The van der Waals surface area contributed by atoms with Crippen molar-refractivity contribution in [2.24, 2.45) is 7.05 Å². The molecule has 4 nitrogen and oxygen atoms in total. The van der Waals surface area contributed by atoms with E-state index in [0.717, 1.165) is 6.07 Å². The van der Waals surface area contributed by atoms with Gasteiger partial charge in [-0.15, -0.1) is 0 Å². The zero-order valence-corrected chi connectivity index (χ0v) is 9.01. The monoisotopic (exact) mass is 229 g/mol. The molecule has 5 heteroatoms. The molecule has 0 saturated heterocycles. The van der Waals surface area contributed by atoms with E-state index >= 15 is 0 Å². The quantitative estimate of drug-likeness (QED) is 0.736. The van der Waals surface area contributed by atoms with E-state index in [2.05, 4.69) is 4.98 Å². The predicted octanol–water partition coefficient (Wildman–Crippen LogP) is 1.66. The maximum atomic E-state index is 13.3. The Kier molecular flexibility index (Phi) is 2.71. The van der Waals surface area contributed by atoms with Gasteiger partial charge in [0.05, 0.1) is 11.9 Å². The van der Waals surface area contributed by atoms with Gasteiger partial charge in [-0.1, -0.05) is 0 Å². The van der Waals surface area contributed by atoms with E-state index in [9.17, 15) is 9.18 Å². The van der Waals surface area contributed by atoms with Crippen molar-refractivity contribution >= 4 is 5.78 Å². The highest BCUT2D eigenvalue weighted by atomic mass is 19.1. The number of hydrogen-bond acceptors (Lipinski definition) is 3. The first kappa shape index (κ1) is 11.0. The second-order valence-electron chi connectivity index (χ2n) is 3.56. The van der Waals surface area contributed by atoms with Gasteiger partial charge in [0.1, 0.15) is 17.6 Å². The summed E-state index contributed by atoms with van der Waals surface area (Å²) in [5.74, 6) is -1.07. The minimum atomic E-state index is -0.700. The molecule has 0 aliphatic heterocycles. The molecule has 1 aromatic carbocycles. The summed E-state index contributed by atoms with van der Waals surface area (Å²) >= 11 is 0. The Morgan fingerprint density at radius 3 is 2.82 bits per heavy atom. The first-order valence-electron chi connectivity index (χ1n) is 4.84. The maximum absolute atomic E-state index is 13.3. The molecule has 0 aliphatic carbocycles. The third kappa shape index (κ3) is 2.06. The van der Waals surface area contributed by atoms with E-state index in [1.54, 1.807) is 23.9 Å². The number of ketones is 1. The fraction of sp³-hybridized carbons (Fsp3) is 0.0833. The van der Waals surface area contributed by atoms with Crippen LogP contribution in [0.15, 0.2) is 30.7 Å². The standard InChI is InChI=1S/C12H8FN3O/c1-16-6-11(15-7-16)12(17)8-2-3-9(5-14)10(13)4-8/h2-4,6-7H,1H3. The molecule has 0 saturated carbocycles. The molecule has 0 aliphatic rings. The molecule has 0 spiro atoms. The van der Waals surface area contributed by atoms with Crippen molar-refractivity contribution in [3.63, 3.8) is 0 Å². The largest absolute Gasteiger partial charge is 0.340 e. The van der Waals surface area contributed by atoms with Crippen molar-refractivity contribution in [1.82, 2.24) is 9.55 Å².